The van der Waals surface area contributed by atoms with Gasteiger partial charge < -0.3 is 9.84 Å². The molecular weight excluding hydrogens is 434 g/mol. The number of hydrogen-bond acceptors (Lipinski definition) is 5. The third-order valence-electron chi connectivity index (χ3n) is 3.44. The minimum Gasteiger partial charge on any atom is -0.508 e. The van der Waals surface area contributed by atoms with Gasteiger partial charge in [-0.3, -0.25) is 25.8 Å². The molecule has 0 fully saturated rings. The zero-order valence-corrected chi connectivity index (χ0v) is 16.8. The highest BCUT2D eigenvalue weighted by atomic mass is 79.9. The summed E-state index contributed by atoms with van der Waals surface area (Å²) in [5.74, 6) is -0.347. The van der Waals surface area contributed by atoms with Crippen LogP contribution in [0.2, 0.25) is 0 Å². The molecule has 0 bridgehead atoms. The molecule has 2 rings (SSSR count). The van der Waals surface area contributed by atoms with Gasteiger partial charge in [-0.2, -0.15) is 0 Å². The molecule has 142 valence electrons. The summed E-state index contributed by atoms with van der Waals surface area (Å²) >= 11 is 8.34. The first-order valence-corrected chi connectivity index (χ1v) is 9.19. The number of phenols is 1. The van der Waals surface area contributed by atoms with Crippen molar-refractivity contribution in [3.8, 4) is 11.5 Å². The number of amides is 2. The normalized spacial score (nSPS) is 10.0. The van der Waals surface area contributed by atoms with Gasteiger partial charge in [0.2, 0.25) is 0 Å². The topological polar surface area (TPSA) is 99.7 Å². The van der Waals surface area contributed by atoms with Crippen molar-refractivity contribution in [2.45, 2.75) is 13.3 Å². The summed E-state index contributed by atoms with van der Waals surface area (Å²) < 4.78 is 6.21. The number of rotatable bonds is 5. The van der Waals surface area contributed by atoms with Gasteiger partial charge >= 0.3 is 0 Å². The van der Waals surface area contributed by atoms with E-state index in [1.54, 1.807) is 6.07 Å². The molecule has 7 nitrogen and oxygen atoms in total. The summed E-state index contributed by atoms with van der Waals surface area (Å²) in [5, 5.41) is 11.5. The lowest BCUT2D eigenvalue weighted by atomic mass is 10.2. The Morgan fingerprint density at radius 2 is 1.85 bits per heavy atom. The molecule has 0 heterocycles. The quantitative estimate of drug-likeness (QED) is 0.411. The lowest BCUT2D eigenvalue weighted by Gasteiger charge is -2.12. The van der Waals surface area contributed by atoms with Gasteiger partial charge in [0.05, 0.1) is 4.47 Å². The zero-order chi connectivity index (χ0) is 19.8. The van der Waals surface area contributed by atoms with E-state index >= 15 is 0 Å². The number of carbonyl (C=O) groups excluding carboxylic acids is 2. The number of ether oxygens (including phenoxy) is 1. The largest absolute Gasteiger partial charge is 0.508 e. The number of halogens is 1. The van der Waals surface area contributed by atoms with Gasteiger partial charge in [-0.25, -0.2) is 0 Å². The maximum Gasteiger partial charge on any atom is 0.269 e. The van der Waals surface area contributed by atoms with Crippen molar-refractivity contribution in [1.29, 1.82) is 0 Å². The molecule has 0 aliphatic carbocycles. The lowest BCUT2D eigenvalue weighted by molar-refractivity contribution is -0.121. The number of benzene rings is 2. The standard InChI is InChI=1S/C18H18BrN3O4S/c1-2-11-3-8-15(14(19)9-11)26-10-16(24)20-18(27)22-21-17(25)12-4-6-13(23)7-5-12/h3-9,23H,2,10H2,1H3,(H,21,25)(H2,20,22,24,27). The molecule has 0 atom stereocenters. The number of aromatic hydroxyl groups is 1. The number of hydrazine groups is 1. The third-order valence-corrected chi connectivity index (χ3v) is 4.26. The number of hydrogen-bond donors (Lipinski definition) is 4. The van der Waals surface area contributed by atoms with E-state index in [9.17, 15) is 14.7 Å². The summed E-state index contributed by atoms with van der Waals surface area (Å²) in [6, 6.07) is 11.3. The van der Waals surface area contributed by atoms with Gasteiger partial charge in [0, 0.05) is 5.56 Å². The molecule has 4 N–H and O–H groups in total. The second-order valence-electron chi connectivity index (χ2n) is 5.41. The highest BCUT2D eigenvalue weighted by Crippen LogP contribution is 2.26. The number of phenolic OH excluding ortho intramolecular Hbond substituents is 1. The van der Waals surface area contributed by atoms with Crippen LogP contribution in [-0.4, -0.2) is 28.6 Å². The molecule has 9 heteroatoms. The first-order chi connectivity index (χ1) is 12.9. The van der Waals surface area contributed by atoms with Gasteiger partial charge in [0.25, 0.3) is 11.8 Å². The molecule has 0 aromatic heterocycles. The third kappa shape index (κ3) is 6.54. The maximum atomic E-state index is 11.9. The lowest BCUT2D eigenvalue weighted by Crippen LogP contribution is -2.49. The minimum absolute atomic E-state index is 0.0539. The van der Waals surface area contributed by atoms with Crippen LogP contribution < -0.4 is 20.9 Å². The van der Waals surface area contributed by atoms with Crippen LogP contribution in [0.4, 0.5) is 0 Å². The molecular formula is C18H18BrN3O4S. The predicted octanol–water partition coefficient (Wildman–Crippen LogP) is 2.43. The number of thiocarbonyl (C=S) groups is 1. The van der Waals surface area contributed by atoms with Crippen molar-refractivity contribution in [1.82, 2.24) is 16.2 Å². The van der Waals surface area contributed by atoms with Crippen molar-refractivity contribution in [3.63, 3.8) is 0 Å². The van der Waals surface area contributed by atoms with E-state index in [4.69, 9.17) is 17.0 Å². The molecule has 2 aromatic carbocycles. The first-order valence-electron chi connectivity index (χ1n) is 7.99. The predicted molar refractivity (Wildman–Crippen MR) is 108 cm³/mol. The van der Waals surface area contributed by atoms with Crippen LogP contribution in [0.3, 0.4) is 0 Å². The summed E-state index contributed by atoms with van der Waals surface area (Å²) in [6.45, 7) is 1.81. The Bertz CT molecular complexity index is 843. The molecule has 0 unspecified atom stereocenters. The smallest absolute Gasteiger partial charge is 0.269 e. The molecule has 27 heavy (non-hydrogen) atoms. The van der Waals surface area contributed by atoms with E-state index in [1.807, 2.05) is 19.1 Å². The van der Waals surface area contributed by atoms with Crippen LogP contribution >= 0.6 is 28.1 Å². The molecule has 2 aromatic rings. The number of nitrogens with one attached hydrogen (secondary N) is 3. The Hall–Kier alpha value is -2.65. The number of carbonyl (C=O) groups is 2. The molecule has 0 aliphatic rings. The van der Waals surface area contributed by atoms with E-state index < -0.39 is 11.8 Å². The Kier molecular flexibility index (Phi) is 7.56. The Morgan fingerprint density at radius 3 is 2.48 bits per heavy atom. The van der Waals surface area contributed by atoms with Crippen LogP contribution in [0.25, 0.3) is 0 Å². The van der Waals surface area contributed by atoms with Gasteiger partial charge in [0.1, 0.15) is 11.5 Å². The zero-order valence-electron chi connectivity index (χ0n) is 14.4. The summed E-state index contributed by atoms with van der Waals surface area (Å²) in [6.07, 6.45) is 0.898. The minimum atomic E-state index is -0.474. The molecule has 0 aliphatic heterocycles. The van der Waals surface area contributed by atoms with E-state index in [0.717, 1.165) is 16.5 Å². The Labute approximate surface area is 170 Å². The van der Waals surface area contributed by atoms with Crippen LogP contribution in [0.5, 0.6) is 11.5 Å². The highest BCUT2D eigenvalue weighted by molar-refractivity contribution is 9.10. The average molecular weight is 452 g/mol. The monoisotopic (exact) mass is 451 g/mol. The molecule has 2 amide bonds. The van der Waals surface area contributed by atoms with Gasteiger partial charge in [-0.05, 0) is 76.5 Å². The first kappa shape index (κ1) is 20.7. The summed E-state index contributed by atoms with van der Waals surface area (Å²) in [7, 11) is 0. The van der Waals surface area contributed by atoms with Gasteiger partial charge in [0.15, 0.2) is 11.7 Å². The maximum absolute atomic E-state index is 11.9. The van der Waals surface area contributed by atoms with Crippen molar-refractivity contribution >= 4 is 45.1 Å². The fourth-order valence-corrected chi connectivity index (χ4v) is 2.72. The van der Waals surface area contributed by atoms with Crippen LogP contribution in [0.1, 0.15) is 22.8 Å². The van der Waals surface area contributed by atoms with Crippen LogP contribution in [0.15, 0.2) is 46.9 Å². The summed E-state index contributed by atoms with van der Waals surface area (Å²) in [4.78, 5) is 23.8. The fourth-order valence-electron chi connectivity index (χ4n) is 2.02. The van der Waals surface area contributed by atoms with Crippen molar-refractivity contribution in [2.24, 2.45) is 0 Å². The average Bonchev–Trinajstić information content (AvgIpc) is 2.65. The molecule has 0 saturated carbocycles. The van der Waals surface area contributed by atoms with Gasteiger partial charge in [-0.15, -0.1) is 0 Å². The molecule has 0 saturated heterocycles. The van der Waals surface area contributed by atoms with E-state index in [2.05, 4.69) is 32.1 Å². The highest BCUT2D eigenvalue weighted by Gasteiger charge is 2.10. The van der Waals surface area contributed by atoms with E-state index in [1.165, 1.54) is 24.3 Å². The summed E-state index contributed by atoms with van der Waals surface area (Å²) in [5.41, 5.74) is 6.23. The second kappa shape index (κ2) is 9.89. The van der Waals surface area contributed by atoms with Crippen molar-refractivity contribution in [3.05, 3.63) is 58.1 Å². The van der Waals surface area contributed by atoms with Gasteiger partial charge in [-0.1, -0.05) is 13.0 Å². The Morgan fingerprint density at radius 1 is 1.15 bits per heavy atom. The molecule has 0 spiro atoms. The number of aryl methyl sites for hydroxylation is 1. The van der Waals surface area contributed by atoms with Crippen LogP contribution in [0, 0.1) is 0 Å². The van der Waals surface area contributed by atoms with E-state index in [0.29, 0.717) is 11.3 Å². The van der Waals surface area contributed by atoms with Crippen molar-refractivity contribution < 1.29 is 19.4 Å². The fraction of sp³-hybridized carbons (Fsp3) is 0.167. The Balaban J connectivity index is 1.76. The second-order valence-corrected chi connectivity index (χ2v) is 6.67. The van der Waals surface area contributed by atoms with E-state index in [-0.39, 0.29) is 17.5 Å². The SMILES string of the molecule is CCc1ccc(OCC(=O)NC(=S)NNC(=O)c2ccc(O)cc2)c(Br)c1. The van der Waals surface area contributed by atoms with Crippen LogP contribution in [-0.2, 0) is 11.2 Å². The van der Waals surface area contributed by atoms with Crippen molar-refractivity contribution in [2.75, 3.05) is 6.61 Å². The molecule has 0 radical (unpaired) electrons.